The predicted molar refractivity (Wildman–Crippen MR) is 45.4 cm³/mol. The third kappa shape index (κ3) is 1.77. The molecule has 1 atom stereocenters. The molecule has 12 heavy (non-hydrogen) atoms. The average Bonchev–Trinajstić information content (AvgIpc) is 2.37. The van der Waals surface area contributed by atoms with Crippen LogP contribution >= 0.6 is 0 Å². The fraction of sp³-hybridized carbons (Fsp3) is 0.667. The first-order valence-corrected chi connectivity index (χ1v) is 4.01. The summed E-state index contributed by atoms with van der Waals surface area (Å²) in [6.45, 7) is 1.00. The van der Waals surface area contributed by atoms with E-state index >= 15 is 0 Å². The van der Waals surface area contributed by atoms with E-state index in [2.05, 4.69) is 5.92 Å². The van der Waals surface area contributed by atoms with Crippen molar-refractivity contribution < 1.29 is 9.53 Å². The lowest BCUT2D eigenvalue weighted by atomic mass is 10.2. The number of terminal acetylenes is 1. The van der Waals surface area contributed by atoms with E-state index in [-0.39, 0.29) is 11.9 Å². The van der Waals surface area contributed by atoms with Gasteiger partial charge in [0.2, 0.25) is 5.91 Å². The first-order chi connectivity index (χ1) is 5.79. The van der Waals surface area contributed by atoms with Gasteiger partial charge in [-0.2, -0.15) is 0 Å². The number of rotatable bonds is 3. The molecule has 3 heteroatoms. The quantitative estimate of drug-likeness (QED) is 0.564. The molecular formula is C9H13NO2. The first-order valence-electron chi connectivity index (χ1n) is 4.01. The van der Waals surface area contributed by atoms with E-state index in [4.69, 9.17) is 11.2 Å². The van der Waals surface area contributed by atoms with Crippen LogP contribution < -0.4 is 0 Å². The number of carbonyl (C=O) groups excluding carboxylic acids is 1. The molecule has 3 nitrogen and oxygen atoms in total. The molecule has 1 aliphatic rings. The van der Waals surface area contributed by atoms with E-state index in [1.807, 2.05) is 0 Å². The van der Waals surface area contributed by atoms with E-state index in [1.165, 1.54) is 0 Å². The fourth-order valence-electron chi connectivity index (χ4n) is 1.47. The van der Waals surface area contributed by atoms with Crippen LogP contribution in [0.1, 0.15) is 12.8 Å². The number of methoxy groups -OCH3 is 1. The van der Waals surface area contributed by atoms with Gasteiger partial charge in [-0.3, -0.25) is 4.79 Å². The Balaban J connectivity index is 2.52. The minimum Gasteiger partial charge on any atom is -0.383 e. The average molecular weight is 167 g/mol. The summed E-state index contributed by atoms with van der Waals surface area (Å²) in [4.78, 5) is 12.9. The molecule has 0 N–H and O–H groups in total. The molecule has 1 unspecified atom stereocenters. The number of amides is 1. The lowest BCUT2D eigenvalue weighted by Gasteiger charge is -2.21. The number of nitrogens with zero attached hydrogens (tertiary/aromatic N) is 1. The van der Waals surface area contributed by atoms with E-state index in [0.29, 0.717) is 19.6 Å². The third-order valence-corrected chi connectivity index (χ3v) is 2.07. The molecule has 1 fully saturated rings. The molecule has 0 aromatic rings. The van der Waals surface area contributed by atoms with Crippen LogP contribution in [0.2, 0.25) is 0 Å². The molecule has 66 valence electrons. The highest BCUT2D eigenvalue weighted by atomic mass is 16.5. The molecule has 1 saturated heterocycles. The van der Waals surface area contributed by atoms with E-state index in [1.54, 1.807) is 12.0 Å². The zero-order valence-corrected chi connectivity index (χ0v) is 7.25. The number of hydrogen-bond donors (Lipinski definition) is 0. The van der Waals surface area contributed by atoms with Gasteiger partial charge in [-0.05, 0) is 6.42 Å². The van der Waals surface area contributed by atoms with Crippen molar-refractivity contribution in [3.63, 3.8) is 0 Å². The van der Waals surface area contributed by atoms with E-state index in [9.17, 15) is 4.79 Å². The van der Waals surface area contributed by atoms with Gasteiger partial charge < -0.3 is 9.64 Å². The van der Waals surface area contributed by atoms with Gasteiger partial charge in [-0.15, -0.1) is 6.42 Å². The highest BCUT2D eigenvalue weighted by Gasteiger charge is 2.29. The minimum absolute atomic E-state index is 0.148. The van der Waals surface area contributed by atoms with Gasteiger partial charge in [0.25, 0.3) is 0 Å². The molecule has 1 amide bonds. The van der Waals surface area contributed by atoms with Crippen molar-refractivity contribution >= 4 is 5.91 Å². The SMILES string of the molecule is C#CCN1C(=O)CCC1COC. The maximum Gasteiger partial charge on any atom is 0.223 e. The predicted octanol–water partition coefficient (Wildman–Crippen LogP) is 0.257. The summed E-state index contributed by atoms with van der Waals surface area (Å²) in [5.74, 6) is 2.63. The summed E-state index contributed by atoms with van der Waals surface area (Å²) in [5.41, 5.74) is 0. The molecule has 1 heterocycles. The van der Waals surface area contributed by atoms with Crippen molar-refractivity contribution in [3.05, 3.63) is 0 Å². The second kappa shape index (κ2) is 4.13. The van der Waals surface area contributed by atoms with E-state index in [0.717, 1.165) is 6.42 Å². The number of carbonyl (C=O) groups is 1. The molecule has 0 aromatic carbocycles. The molecule has 0 spiro atoms. The molecular weight excluding hydrogens is 154 g/mol. The Bertz CT molecular complexity index is 207. The molecule has 1 aliphatic heterocycles. The Morgan fingerprint density at radius 2 is 2.58 bits per heavy atom. The standard InChI is InChI=1S/C9H13NO2/c1-3-6-10-8(7-12-2)4-5-9(10)11/h1,8H,4-7H2,2H3. The van der Waals surface area contributed by atoms with Crippen LogP contribution in [-0.4, -0.2) is 37.1 Å². The van der Waals surface area contributed by atoms with Crippen molar-refractivity contribution in [1.82, 2.24) is 4.90 Å². The maximum atomic E-state index is 11.2. The van der Waals surface area contributed by atoms with Crippen LogP contribution in [0.25, 0.3) is 0 Å². The van der Waals surface area contributed by atoms with Crippen molar-refractivity contribution in [2.24, 2.45) is 0 Å². The summed E-state index contributed by atoms with van der Waals surface area (Å²) in [6.07, 6.45) is 6.62. The van der Waals surface area contributed by atoms with Crippen molar-refractivity contribution in [2.45, 2.75) is 18.9 Å². The lowest BCUT2D eigenvalue weighted by Crippen LogP contribution is -2.36. The smallest absolute Gasteiger partial charge is 0.223 e. The summed E-state index contributed by atoms with van der Waals surface area (Å²) < 4.78 is 4.99. The Labute approximate surface area is 72.7 Å². The van der Waals surface area contributed by atoms with Gasteiger partial charge in [-0.25, -0.2) is 0 Å². The normalized spacial score (nSPS) is 22.8. The minimum atomic E-state index is 0.148. The number of ether oxygens (including phenoxy) is 1. The van der Waals surface area contributed by atoms with Crippen LogP contribution in [0.3, 0.4) is 0 Å². The highest BCUT2D eigenvalue weighted by Crippen LogP contribution is 2.17. The molecule has 0 aliphatic carbocycles. The monoisotopic (exact) mass is 167 g/mol. The summed E-state index contributed by atoms with van der Waals surface area (Å²) in [6, 6.07) is 0.193. The topological polar surface area (TPSA) is 29.5 Å². The van der Waals surface area contributed by atoms with Gasteiger partial charge in [0.15, 0.2) is 0 Å². The van der Waals surface area contributed by atoms with Crippen LogP contribution in [0.15, 0.2) is 0 Å². The molecule has 1 rings (SSSR count). The van der Waals surface area contributed by atoms with Gasteiger partial charge in [0, 0.05) is 13.5 Å². The largest absolute Gasteiger partial charge is 0.383 e. The highest BCUT2D eigenvalue weighted by molar-refractivity contribution is 5.79. The zero-order chi connectivity index (χ0) is 8.97. The lowest BCUT2D eigenvalue weighted by molar-refractivity contribution is -0.128. The Hall–Kier alpha value is -1.01. The molecule has 0 radical (unpaired) electrons. The van der Waals surface area contributed by atoms with Gasteiger partial charge >= 0.3 is 0 Å². The van der Waals surface area contributed by atoms with Gasteiger partial charge in [0.05, 0.1) is 19.2 Å². The number of hydrogen-bond acceptors (Lipinski definition) is 2. The summed E-state index contributed by atoms with van der Waals surface area (Å²) in [7, 11) is 1.64. The maximum absolute atomic E-state index is 11.2. The van der Waals surface area contributed by atoms with Crippen LogP contribution in [-0.2, 0) is 9.53 Å². The summed E-state index contributed by atoms with van der Waals surface area (Å²) >= 11 is 0. The van der Waals surface area contributed by atoms with Crippen LogP contribution in [0.4, 0.5) is 0 Å². The number of likely N-dealkylation sites (tertiary alicyclic amines) is 1. The summed E-state index contributed by atoms with van der Waals surface area (Å²) in [5, 5.41) is 0. The third-order valence-electron chi connectivity index (χ3n) is 2.07. The molecule has 0 bridgehead atoms. The zero-order valence-electron chi connectivity index (χ0n) is 7.25. The van der Waals surface area contributed by atoms with Gasteiger partial charge in [-0.1, -0.05) is 5.92 Å². The Morgan fingerprint density at radius 3 is 3.17 bits per heavy atom. The van der Waals surface area contributed by atoms with Crippen LogP contribution in [0.5, 0.6) is 0 Å². The van der Waals surface area contributed by atoms with Crippen molar-refractivity contribution in [2.75, 3.05) is 20.3 Å². The second-order valence-electron chi connectivity index (χ2n) is 2.87. The van der Waals surface area contributed by atoms with Crippen LogP contribution in [0, 0.1) is 12.3 Å². The van der Waals surface area contributed by atoms with E-state index < -0.39 is 0 Å². The fourth-order valence-corrected chi connectivity index (χ4v) is 1.47. The molecule has 0 aromatic heterocycles. The molecule has 0 saturated carbocycles. The van der Waals surface area contributed by atoms with Gasteiger partial charge in [0.1, 0.15) is 0 Å². The Morgan fingerprint density at radius 1 is 1.83 bits per heavy atom. The van der Waals surface area contributed by atoms with Crippen molar-refractivity contribution in [3.8, 4) is 12.3 Å². The Kier molecular flexibility index (Phi) is 3.12. The first kappa shape index (κ1) is 9.08. The second-order valence-corrected chi connectivity index (χ2v) is 2.87. The van der Waals surface area contributed by atoms with Crippen molar-refractivity contribution in [1.29, 1.82) is 0 Å².